The van der Waals surface area contributed by atoms with Crippen molar-refractivity contribution in [3.05, 3.63) is 47.9 Å². The highest BCUT2D eigenvalue weighted by Crippen LogP contribution is 2.38. The number of pyridine rings is 1. The van der Waals surface area contributed by atoms with E-state index in [1.54, 1.807) is 18.3 Å². The molecule has 0 unspecified atom stereocenters. The average Bonchev–Trinajstić information content (AvgIpc) is 3.03. The van der Waals surface area contributed by atoms with Crippen LogP contribution in [0.1, 0.15) is 44.0 Å². The van der Waals surface area contributed by atoms with Gasteiger partial charge in [-0.2, -0.15) is 5.10 Å². The number of hydrogen-bond donors (Lipinski definition) is 2. The summed E-state index contributed by atoms with van der Waals surface area (Å²) < 4.78 is 0. The largest absolute Gasteiger partial charge is 0.355 e. The van der Waals surface area contributed by atoms with Gasteiger partial charge in [-0.25, -0.2) is 4.79 Å². The van der Waals surface area contributed by atoms with E-state index in [9.17, 15) is 9.59 Å². The van der Waals surface area contributed by atoms with Crippen molar-refractivity contribution >= 4 is 17.8 Å². The number of carbonyl (C=O) groups is 2. The van der Waals surface area contributed by atoms with Crippen LogP contribution in [0.3, 0.4) is 0 Å². The second-order valence-corrected chi connectivity index (χ2v) is 7.66. The van der Waals surface area contributed by atoms with Crippen LogP contribution in [0.4, 0.5) is 10.6 Å². The molecule has 4 heterocycles. The third kappa shape index (κ3) is 3.08. The topological polar surface area (TPSA) is 100 Å². The first-order valence-electron chi connectivity index (χ1n) is 9.64. The number of piperidine rings is 1. The normalized spacial score (nSPS) is 23.0. The van der Waals surface area contributed by atoms with Crippen molar-refractivity contribution in [3.8, 4) is 0 Å². The van der Waals surface area contributed by atoms with E-state index in [-0.39, 0.29) is 11.8 Å². The molecule has 0 radical (unpaired) electrons. The lowest BCUT2D eigenvalue weighted by atomic mass is 9.75. The Bertz CT molecular complexity index is 862. The third-order valence-electron chi connectivity index (χ3n) is 5.66. The van der Waals surface area contributed by atoms with E-state index >= 15 is 0 Å². The molecule has 2 aromatic heterocycles. The summed E-state index contributed by atoms with van der Waals surface area (Å²) >= 11 is 0. The zero-order valence-electron chi connectivity index (χ0n) is 16.1. The number of aromatic nitrogens is 3. The number of anilines is 1. The molecule has 4 rings (SSSR count). The summed E-state index contributed by atoms with van der Waals surface area (Å²) in [6.07, 6.45) is 3.12. The zero-order chi connectivity index (χ0) is 19.7. The van der Waals surface area contributed by atoms with Crippen LogP contribution in [0.15, 0.2) is 36.5 Å². The van der Waals surface area contributed by atoms with Crippen LogP contribution in [0.5, 0.6) is 0 Å². The highest BCUT2D eigenvalue weighted by Gasteiger charge is 2.54. The van der Waals surface area contributed by atoms with Crippen LogP contribution in [0.2, 0.25) is 0 Å². The van der Waals surface area contributed by atoms with Crippen LogP contribution in [-0.4, -0.2) is 40.2 Å². The minimum Gasteiger partial charge on any atom is -0.355 e. The van der Waals surface area contributed by atoms with Crippen molar-refractivity contribution < 1.29 is 9.59 Å². The Hall–Kier alpha value is -3.03. The first kappa shape index (κ1) is 18.3. The highest BCUT2D eigenvalue weighted by molar-refractivity contribution is 6.07. The van der Waals surface area contributed by atoms with Gasteiger partial charge in [0.05, 0.1) is 11.4 Å². The first-order valence-corrected chi connectivity index (χ1v) is 9.64. The van der Waals surface area contributed by atoms with Crippen molar-refractivity contribution in [2.75, 3.05) is 18.0 Å². The first-order chi connectivity index (χ1) is 13.5. The van der Waals surface area contributed by atoms with E-state index in [1.165, 1.54) is 0 Å². The lowest BCUT2D eigenvalue weighted by molar-refractivity contribution is -0.126. The molecular weight excluding hydrogens is 356 g/mol. The van der Waals surface area contributed by atoms with Crippen LogP contribution >= 0.6 is 0 Å². The number of nitrogens with one attached hydrogen (secondary N) is 2. The van der Waals surface area contributed by atoms with E-state index in [4.69, 9.17) is 0 Å². The smallest absolute Gasteiger partial charge is 0.322 e. The van der Waals surface area contributed by atoms with Crippen molar-refractivity contribution in [2.24, 2.45) is 5.92 Å². The van der Waals surface area contributed by atoms with Gasteiger partial charge < -0.3 is 10.2 Å². The predicted molar refractivity (Wildman–Crippen MR) is 104 cm³/mol. The molecule has 0 bridgehead atoms. The van der Waals surface area contributed by atoms with E-state index in [2.05, 4.69) is 44.6 Å². The molecule has 0 saturated carbocycles. The maximum absolute atomic E-state index is 12.8. The number of rotatable bonds is 4. The van der Waals surface area contributed by atoms with Crippen molar-refractivity contribution in [1.82, 2.24) is 25.8 Å². The third-order valence-corrected chi connectivity index (χ3v) is 5.66. The van der Waals surface area contributed by atoms with Crippen LogP contribution in [0.25, 0.3) is 0 Å². The molecule has 2 aliphatic heterocycles. The van der Waals surface area contributed by atoms with Crippen LogP contribution in [0, 0.1) is 5.92 Å². The molecule has 2 saturated heterocycles. The van der Waals surface area contributed by atoms with Gasteiger partial charge >= 0.3 is 6.03 Å². The molecule has 2 N–H and O–H groups in total. The number of hydrogen-bond acceptors (Lipinski definition) is 6. The second kappa shape index (κ2) is 7.18. The molecule has 0 aromatic carbocycles. The van der Waals surface area contributed by atoms with Gasteiger partial charge in [0.1, 0.15) is 0 Å². The monoisotopic (exact) mass is 380 g/mol. The fraction of sp³-hybridized carbons (Fsp3) is 0.450. The number of nitrogens with zero attached hydrogens (tertiary/aromatic N) is 4. The van der Waals surface area contributed by atoms with Crippen LogP contribution in [-0.2, 0) is 10.3 Å². The number of urea groups is 1. The van der Waals surface area contributed by atoms with Gasteiger partial charge in [-0.3, -0.25) is 15.1 Å². The Morgan fingerprint density at radius 2 is 1.89 bits per heavy atom. The summed E-state index contributed by atoms with van der Waals surface area (Å²) in [7, 11) is 0. The molecule has 1 atom stereocenters. The van der Waals surface area contributed by atoms with Gasteiger partial charge in [-0.15, -0.1) is 5.10 Å². The second-order valence-electron chi connectivity index (χ2n) is 7.66. The lowest BCUT2D eigenvalue weighted by Gasteiger charge is -2.40. The number of imide groups is 1. The summed E-state index contributed by atoms with van der Waals surface area (Å²) in [5, 5.41) is 13.9. The Balaban J connectivity index is 1.54. The molecule has 8 nitrogen and oxygen atoms in total. The molecule has 3 amide bonds. The summed E-state index contributed by atoms with van der Waals surface area (Å²) in [4.78, 5) is 31.3. The van der Waals surface area contributed by atoms with Gasteiger partial charge in [0.25, 0.3) is 5.91 Å². The maximum atomic E-state index is 12.8. The van der Waals surface area contributed by atoms with Gasteiger partial charge in [-0.1, -0.05) is 19.9 Å². The molecular formula is C20H24N6O2. The fourth-order valence-electron chi connectivity index (χ4n) is 4.10. The lowest BCUT2D eigenvalue weighted by Crippen LogP contribution is -2.54. The molecule has 2 aromatic rings. The fourth-order valence-corrected chi connectivity index (χ4v) is 4.10. The Morgan fingerprint density at radius 1 is 1.11 bits per heavy atom. The minimum absolute atomic E-state index is 0.0482. The van der Waals surface area contributed by atoms with E-state index < -0.39 is 11.6 Å². The Kier molecular flexibility index (Phi) is 4.70. The maximum Gasteiger partial charge on any atom is 0.322 e. The SMILES string of the molecule is CC(C)c1ccc(N2CCC([C@]3(c4ccccn4)NC(=O)NC3=O)CC2)nn1. The molecule has 2 fully saturated rings. The van der Waals surface area contributed by atoms with Gasteiger partial charge in [0.15, 0.2) is 11.4 Å². The number of amides is 3. The van der Waals surface area contributed by atoms with Gasteiger partial charge in [0, 0.05) is 25.2 Å². The molecule has 2 aliphatic rings. The van der Waals surface area contributed by atoms with E-state index in [0.717, 1.165) is 37.4 Å². The minimum atomic E-state index is -1.11. The van der Waals surface area contributed by atoms with Crippen molar-refractivity contribution in [3.63, 3.8) is 0 Å². The standard InChI is InChI=1S/C20H24N6O2/c1-13(2)15-6-7-17(25-24-15)26-11-8-14(9-12-26)20(16-5-3-4-10-21-16)18(27)22-19(28)23-20/h3-7,10,13-14H,8-9,11-12H2,1-2H3,(H2,22,23,27,28)/t20-/m1/s1. The average molecular weight is 380 g/mol. The predicted octanol–water partition coefficient (Wildman–Crippen LogP) is 1.95. The molecule has 0 spiro atoms. The van der Waals surface area contributed by atoms with Crippen molar-refractivity contribution in [1.29, 1.82) is 0 Å². The molecule has 146 valence electrons. The molecule has 0 aliphatic carbocycles. The molecule has 28 heavy (non-hydrogen) atoms. The van der Waals surface area contributed by atoms with E-state index in [0.29, 0.717) is 11.6 Å². The van der Waals surface area contributed by atoms with Gasteiger partial charge in [0.2, 0.25) is 0 Å². The van der Waals surface area contributed by atoms with E-state index in [1.807, 2.05) is 18.2 Å². The quantitative estimate of drug-likeness (QED) is 0.787. The Morgan fingerprint density at radius 3 is 2.43 bits per heavy atom. The Labute approximate surface area is 163 Å². The van der Waals surface area contributed by atoms with Crippen molar-refractivity contribution in [2.45, 2.75) is 38.1 Å². The van der Waals surface area contributed by atoms with Gasteiger partial charge in [-0.05, 0) is 43.0 Å². The summed E-state index contributed by atoms with van der Waals surface area (Å²) in [5.74, 6) is 0.813. The number of carbonyl (C=O) groups excluding carboxylic acids is 2. The summed E-state index contributed by atoms with van der Waals surface area (Å²) in [5.41, 5.74) is 0.438. The summed E-state index contributed by atoms with van der Waals surface area (Å²) in [6.45, 7) is 5.65. The highest BCUT2D eigenvalue weighted by atomic mass is 16.2. The zero-order valence-corrected chi connectivity index (χ0v) is 16.1. The molecule has 8 heteroatoms. The van der Waals surface area contributed by atoms with Crippen LogP contribution < -0.4 is 15.5 Å². The summed E-state index contributed by atoms with van der Waals surface area (Å²) in [6, 6.07) is 8.98.